The third-order valence-electron chi connectivity index (χ3n) is 10.7. The second kappa shape index (κ2) is 16.4. The average molecular weight is 747 g/mol. The van der Waals surface area contributed by atoms with Crippen LogP contribution in [-0.4, -0.2) is 21.8 Å². The van der Waals surface area contributed by atoms with Gasteiger partial charge in [-0.05, 0) is 169 Å². The molecule has 0 aliphatic carbocycles. The maximum absolute atomic E-state index is 6.23. The Morgan fingerprint density at radius 1 is 0.400 bits per heavy atom. The summed E-state index contributed by atoms with van der Waals surface area (Å²) in [5.41, 5.74) is 20.8. The lowest BCUT2D eigenvalue weighted by molar-refractivity contribution is 0.202. The van der Waals surface area contributed by atoms with Gasteiger partial charge in [-0.2, -0.15) is 0 Å². The van der Waals surface area contributed by atoms with E-state index in [1.807, 2.05) is 13.8 Å². The zero-order valence-corrected chi connectivity index (χ0v) is 36.0. The molecule has 0 heterocycles. The SMILES string of the molecule is CCO[Si](C)(OCC)c1ccc(N(c2ccc(-c3ccc(N(c4c(C)cc(C)cc4C)c4c(C)cc(C)cc4C)cc3)cc2)c2c(C)cc(C)cc2C)cc1. The van der Waals surface area contributed by atoms with Gasteiger partial charge in [-0.15, -0.1) is 0 Å². The number of rotatable bonds is 12. The van der Waals surface area contributed by atoms with Gasteiger partial charge >= 0.3 is 8.56 Å². The molecule has 0 aliphatic heterocycles. The third-order valence-corrected chi connectivity index (χ3v) is 13.7. The lowest BCUT2D eigenvalue weighted by atomic mass is 9.98. The fourth-order valence-electron chi connectivity index (χ4n) is 8.63. The molecule has 0 saturated carbocycles. The van der Waals surface area contributed by atoms with Gasteiger partial charge in [-0.25, -0.2) is 0 Å². The van der Waals surface area contributed by atoms with Crippen LogP contribution in [-0.2, 0) is 8.85 Å². The van der Waals surface area contributed by atoms with Gasteiger partial charge in [0, 0.05) is 30.3 Å². The van der Waals surface area contributed by atoms with Crippen LogP contribution >= 0.6 is 0 Å². The third kappa shape index (κ3) is 8.21. The van der Waals surface area contributed by atoms with Gasteiger partial charge in [0.1, 0.15) is 0 Å². The van der Waals surface area contributed by atoms with E-state index in [9.17, 15) is 0 Å². The van der Waals surface area contributed by atoms with Crippen molar-refractivity contribution in [2.24, 2.45) is 0 Å². The molecule has 0 aromatic heterocycles. The van der Waals surface area contributed by atoms with E-state index >= 15 is 0 Å². The molecule has 0 spiro atoms. The number of hydrogen-bond acceptors (Lipinski definition) is 4. The second-order valence-electron chi connectivity index (χ2n) is 15.4. The summed E-state index contributed by atoms with van der Waals surface area (Å²) in [6.07, 6.45) is 0. The highest BCUT2D eigenvalue weighted by Gasteiger charge is 2.34. The van der Waals surface area contributed by atoms with Gasteiger partial charge in [0.25, 0.3) is 0 Å². The van der Waals surface area contributed by atoms with Crippen LogP contribution in [0.25, 0.3) is 11.1 Å². The molecular formula is C50H58N2O2Si. The van der Waals surface area contributed by atoms with Gasteiger partial charge in [0.15, 0.2) is 0 Å². The predicted molar refractivity (Wildman–Crippen MR) is 238 cm³/mol. The quantitative estimate of drug-likeness (QED) is 0.116. The summed E-state index contributed by atoms with van der Waals surface area (Å²) >= 11 is 0. The second-order valence-corrected chi connectivity index (χ2v) is 18.4. The molecule has 0 fully saturated rings. The van der Waals surface area contributed by atoms with Crippen LogP contribution in [0.5, 0.6) is 0 Å². The van der Waals surface area contributed by atoms with Gasteiger partial charge in [-0.3, -0.25) is 0 Å². The molecule has 0 aliphatic rings. The monoisotopic (exact) mass is 746 g/mol. The van der Waals surface area contributed by atoms with E-state index in [1.54, 1.807) is 0 Å². The lowest BCUT2D eigenvalue weighted by Crippen LogP contribution is -2.51. The molecule has 55 heavy (non-hydrogen) atoms. The van der Waals surface area contributed by atoms with Crippen molar-refractivity contribution in [3.63, 3.8) is 0 Å². The van der Waals surface area contributed by atoms with Crippen LogP contribution in [0.4, 0.5) is 34.1 Å². The molecule has 5 heteroatoms. The number of anilines is 6. The normalized spacial score (nSPS) is 11.6. The van der Waals surface area contributed by atoms with Gasteiger partial charge in [-0.1, -0.05) is 89.5 Å². The highest BCUT2D eigenvalue weighted by molar-refractivity contribution is 6.80. The predicted octanol–water partition coefficient (Wildman–Crippen LogP) is 13.4. The first-order valence-corrected chi connectivity index (χ1v) is 22.0. The lowest BCUT2D eigenvalue weighted by Gasteiger charge is -2.32. The van der Waals surface area contributed by atoms with Crippen molar-refractivity contribution >= 4 is 47.9 Å². The van der Waals surface area contributed by atoms with Crippen molar-refractivity contribution in [3.8, 4) is 11.1 Å². The number of nitrogens with zero attached hydrogens (tertiary/aromatic N) is 2. The van der Waals surface area contributed by atoms with Crippen molar-refractivity contribution in [1.82, 2.24) is 0 Å². The minimum atomic E-state index is -2.50. The van der Waals surface area contributed by atoms with E-state index in [4.69, 9.17) is 8.85 Å². The molecule has 4 nitrogen and oxygen atoms in total. The molecule has 6 aromatic rings. The van der Waals surface area contributed by atoms with Crippen molar-refractivity contribution in [3.05, 3.63) is 159 Å². The average Bonchev–Trinajstić information content (AvgIpc) is 3.12. The molecule has 0 amide bonds. The molecule has 6 aromatic carbocycles. The van der Waals surface area contributed by atoms with E-state index in [0.29, 0.717) is 13.2 Å². The first kappa shape index (κ1) is 39.7. The van der Waals surface area contributed by atoms with Crippen molar-refractivity contribution in [2.45, 2.75) is 82.7 Å². The zero-order chi connectivity index (χ0) is 39.6. The van der Waals surface area contributed by atoms with Gasteiger partial charge < -0.3 is 18.7 Å². The van der Waals surface area contributed by atoms with E-state index in [1.165, 1.54) is 78.3 Å². The molecule has 0 unspecified atom stereocenters. The largest absolute Gasteiger partial charge is 0.391 e. The summed E-state index contributed by atoms with van der Waals surface area (Å²) < 4.78 is 12.5. The van der Waals surface area contributed by atoms with Crippen molar-refractivity contribution in [1.29, 1.82) is 0 Å². The van der Waals surface area contributed by atoms with Gasteiger partial charge in [0.05, 0.1) is 17.1 Å². The highest BCUT2D eigenvalue weighted by Crippen LogP contribution is 2.44. The van der Waals surface area contributed by atoms with Crippen LogP contribution in [0.3, 0.4) is 0 Å². The molecule has 6 rings (SSSR count). The standard InChI is InChI=1S/C50H58N2O2Si/c1-13-53-55(12,54-14-2)47-25-23-45(24-26-47)51(48-36(6)27-33(3)28-37(48)7)44-19-15-42(16-20-44)43-17-21-46(22-18-43)52(49-38(8)29-34(4)30-39(49)9)50-40(10)31-35(5)32-41(50)11/h15-32H,13-14H2,1-12H3. The van der Waals surface area contributed by atoms with Crippen LogP contribution in [0.1, 0.15) is 63.9 Å². The Hall–Kier alpha value is -4.94. The van der Waals surface area contributed by atoms with Crippen LogP contribution in [0.2, 0.25) is 6.55 Å². The number of aryl methyl sites for hydroxylation is 9. The minimum absolute atomic E-state index is 0.629. The van der Waals surface area contributed by atoms with E-state index in [0.717, 1.165) is 22.2 Å². The summed E-state index contributed by atoms with van der Waals surface area (Å²) in [6, 6.07) is 40.6. The molecule has 0 saturated heterocycles. The van der Waals surface area contributed by atoms with E-state index < -0.39 is 8.56 Å². The van der Waals surface area contributed by atoms with Crippen LogP contribution in [0, 0.1) is 62.3 Å². The van der Waals surface area contributed by atoms with Crippen molar-refractivity contribution in [2.75, 3.05) is 23.0 Å². The summed E-state index contributed by atoms with van der Waals surface area (Å²) in [5.74, 6) is 0. The fourth-order valence-corrected chi connectivity index (χ4v) is 10.9. The van der Waals surface area contributed by atoms with Crippen molar-refractivity contribution < 1.29 is 8.85 Å². The number of hydrogen-bond donors (Lipinski definition) is 0. The molecule has 284 valence electrons. The smallest absolute Gasteiger partial charge is 0.369 e. The maximum Gasteiger partial charge on any atom is 0.369 e. The molecule has 0 bridgehead atoms. The fraction of sp³-hybridized carbons (Fsp3) is 0.280. The Kier molecular flexibility index (Phi) is 11.9. The summed E-state index contributed by atoms with van der Waals surface area (Å²) in [5, 5.41) is 1.13. The summed E-state index contributed by atoms with van der Waals surface area (Å²) in [6.45, 7) is 27.3. The topological polar surface area (TPSA) is 24.9 Å². The van der Waals surface area contributed by atoms with E-state index in [2.05, 4.69) is 188 Å². The van der Waals surface area contributed by atoms with Gasteiger partial charge in [0.2, 0.25) is 0 Å². The maximum atomic E-state index is 6.23. The first-order chi connectivity index (χ1) is 26.2. The molecular weight excluding hydrogens is 689 g/mol. The Bertz CT molecular complexity index is 2160. The summed E-state index contributed by atoms with van der Waals surface area (Å²) in [4.78, 5) is 4.85. The Labute approximate surface area is 331 Å². The number of benzene rings is 6. The Morgan fingerprint density at radius 2 is 0.673 bits per heavy atom. The summed E-state index contributed by atoms with van der Waals surface area (Å²) in [7, 11) is -2.50. The molecule has 0 radical (unpaired) electrons. The highest BCUT2D eigenvalue weighted by atomic mass is 28.4. The Morgan fingerprint density at radius 3 is 0.982 bits per heavy atom. The molecule has 0 N–H and O–H groups in total. The minimum Gasteiger partial charge on any atom is -0.391 e. The zero-order valence-electron chi connectivity index (χ0n) is 35.0. The van der Waals surface area contributed by atoms with E-state index in [-0.39, 0.29) is 0 Å². The molecule has 0 atom stereocenters. The first-order valence-electron chi connectivity index (χ1n) is 19.7. The Balaban J connectivity index is 1.39. The van der Waals surface area contributed by atoms with Crippen LogP contribution < -0.4 is 15.0 Å². The van der Waals surface area contributed by atoms with Crippen LogP contribution in [0.15, 0.2) is 109 Å².